The SMILES string of the molecule is Cc1cc(N(C)C)n2nc(CN3CCN(c4ccccc4C)CC3)nc2n1. The molecule has 0 bridgehead atoms. The Labute approximate surface area is 160 Å². The van der Waals surface area contributed by atoms with Crippen molar-refractivity contribution in [3.05, 3.63) is 47.4 Å². The molecule has 0 N–H and O–H groups in total. The van der Waals surface area contributed by atoms with Gasteiger partial charge in [0.1, 0.15) is 5.82 Å². The van der Waals surface area contributed by atoms with Gasteiger partial charge in [-0.05, 0) is 25.5 Å². The fourth-order valence-electron chi connectivity index (χ4n) is 3.66. The van der Waals surface area contributed by atoms with Gasteiger partial charge in [-0.2, -0.15) is 9.50 Å². The summed E-state index contributed by atoms with van der Waals surface area (Å²) in [7, 11) is 4.03. The summed E-state index contributed by atoms with van der Waals surface area (Å²) in [5.74, 6) is 2.51. The number of aryl methyl sites for hydroxylation is 2. The number of hydrogen-bond donors (Lipinski definition) is 0. The zero-order valence-electron chi connectivity index (χ0n) is 16.6. The summed E-state index contributed by atoms with van der Waals surface area (Å²) in [6, 6.07) is 10.6. The van der Waals surface area contributed by atoms with Gasteiger partial charge < -0.3 is 9.80 Å². The molecule has 3 heterocycles. The van der Waals surface area contributed by atoms with Crippen molar-refractivity contribution in [2.75, 3.05) is 50.1 Å². The van der Waals surface area contributed by atoms with E-state index in [2.05, 4.69) is 51.0 Å². The molecule has 142 valence electrons. The topological polar surface area (TPSA) is 52.8 Å². The second-order valence-corrected chi connectivity index (χ2v) is 7.44. The molecule has 0 spiro atoms. The van der Waals surface area contributed by atoms with Gasteiger partial charge in [0.05, 0.1) is 6.54 Å². The number of aromatic nitrogens is 4. The van der Waals surface area contributed by atoms with Crippen LogP contribution in [0.2, 0.25) is 0 Å². The fraction of sp³-hybridized carbons (Fsp3) is 0.450. The number of nitrogens with zero attached hydrogens (tertiary/aromatic N) is 7. The molecule has 27 heavy (non-hydrogen) atoms. The van der Waals surface area contributed by atoms with Crippen LogP contribution >= 0.6 is 0 Å². The molecule has 2 aromatic heterocycles. The Kier molecular flexibility index (Phi) is 4.70. The smallest absolute Gasteiger partial charge is 0.254 e. The molecular weight excluding hydrogens is 338 g/mol. The number of benzene rings is 1. The van der Waals surface area contributed by atoms with Crippen molar-refractivity contribution in [2.45, 2.75) is 20.4 Å². The molecule has 3 aromatic rings. The third-order valence-corrected chi connectivity index (χ3v) is 5.12. The predicted molar refractivity (Wildman–Crippen MR) is 109 cm³/mol. The first kappa shape index (κ1) is 17.7. The summed E-state index contributed by atoms with van der Waals surface area (Å²) < 4.78 is 1.84. The van der Waals surface area contributed by atoms with E-state index in [1.54, 1.807) is 0 Å². The Morgan fingerprint density at radius 2 is 1.74 bits per heavy atom. The first-order valence-electron chi connectivity index (χ1n) is 9.45. The maximum absolute atomic E-state index is 4.71. The van der Waals surface area contributed by atoms with Crippen molar-refractivity contribution in [2.24, 2.45) is 0 Å². The lowest BCUT2D eigenvalue weighted by Gasteiger charge is -2.36. The van der Waals surface area contributed by atoms with Crippen LogP contribution in [0.3, 0.4) is 0 Å². The molecule has 0 aliphatic carbocycles. The number of hydrogen-bond acceptors (Lipinski definition) is 6. The van der Waals surface area contributed by atoms with E-state index in [4.69, 9.17) is 5.10 Å². The van der Waals surface area contributed by atoms with Crippen LogP contribution in [0, 0.1) is 13.8 Å². The van der Waals surface area contributed by atoms with Crippen LogP contribution in [0.4, 0.5) is 11.5 Å². The molecule has 7 heteroatoms. The number of fused-ring (bicyclic) bond motifs is 1. The van der Waals surface area contributed by atoms with Crippen LogP contribution in [0.25, 0.3) is 5.78 Å². The highest BCUT2D eigenvalue weighted by molar-refractivity contribution is 5.53. The van der Waals surface area contributed by atoms with Gasteiger partial charge in [0.15, 0.2) is 5.82 Å². The molecule has 0 atom stereocenters. The molecule has 0 radical (unpaired) electrons. The van der Waals surface area contributed by atoms with Gasteiger partial charge in [-0.15, -0.1) is 5.10 Å². The highest BCUT2D eigenvalue weighted by Gasteiger charge is 2.20. The molecule has 1 aliphatic rings. The average Bonchev–Trinajstić information content (AvgIpc) is 3.04. The minimum absolute atomic E-state index is 0.673. The van der Waals surface area contributed by atoms with Gasteiger partial charge in [0.2, 0.25) is 0 Å². The van der Waals surface area contributed by atoms with E-state index in [0.29, 0.717) is 5.78 Å². The molecule has 1 aliphatic heterocycles. The fourth-order valence-corrected chi connectivity index (χ4v) is 3.66. The van der Waals surface area contributed by atoms with E-state index in [9.17, 15) is 0 Å². The summed E-state index contributed by atoms with van der Waals surface area (Å²) in [6.45, 7) is 9.01. The van der Waals surface area contributed by atoms with Crippen molar-refractivity contribution < 1.29 is 0 Å². The quantitative estimate of drug-likeness (QED) is 0.706. The zero-order valence-corrected chi connectivity index (χ0v) is 16.6. The van der Waals surface area contributed by atoms with Gasteiger partial charge in [-0.25, -0.2) is 4.98 Å². The van der Waals surface area contributed by atoms with E-state index in [1.807, 2.05) is 36.5 Å². The highest BCUT2D eigenvalue weighted by atomic mass is 15.4. The number of para-hydroxylation sites is 1. The van der Waals surface area contributed by atoms with Crippen molar-refractivity contribution >= 4 is 17.3 Å². The summed E-state index contributed by atoms with van der Waals surface area (Å²) in [6.07, 6.45) is 0. The van der Waals surface area contributed by atoms with Crippen molar-refractivity contribution in [1.82, 2.24) is 24.5 Å². The van der Waals surface area contributed by atoms with Gasteiger partial charge in [-0.1, -0.05) is 18.2 Å². The van der Waals surface area contributed by atoms with Crippen molar-refractivity contribution in [3.8, 4) is 0 Å². The van der Waals surface area contributed by atoms with Crippen LogP contribution < -0.4 is 9.80 Å². The van der Waals surface area contributed by atoms with Crippen LogP contribution in [0.5, 0.6) is 0 Å². The molecular formula is C20H27N7. The monoisotopic (exact) mass is 365 g/mol. The molecule has 0 amide bonds. The Morgan fingerprint density at radius 1 is 1.00 bits per heavy atom. The Bertz CT molecular complexity index is 939. The summed E-state index contributed by atoms with van der Waals surface area (Å²) in [5.41, 5.74) is 3.64. The lowest BCUT2D eigenvalue weighted by atomic mass is 10.1. The first-order valence-corrected chi connectivity index (χ1v) is 9.45. The molecule has 1 saturated heterocycles. The lowest BCUT2D eigenvalue weighted by Crippen LogP contribution is -2.46. The predicted octanol–water partition coefficient (Wildman–Crippen LogP) is 2.13. The second kappa shape index (κ2) is 7.15. The Balaban J connectivity index is 1.46. The number of piperazine rings is 1. The Hall–Kier alpha value is -2.67. The van der Waals surface area contributed by atoms with Gasteiger partial charge in [0.25, 0.3) is 5.78 Å². The summed E-state index contributed by atoms with van der Waals surface area (Å²) in [5, 5.41) is 4.71. The largest absolute Gasteiger partial charge is 0.369 e. The third kappa shape index (κ3) is 3.60. The van der Waals surface area contributed by atoms with E-state index < -0.39 is 0 Å². The lowest BCUT2D eigenvalue weighted by molar-refractivity contribution is 0.244. The average molecular weight is 365 g/mol. The van der Waals surface area contributed by atoms with E-state index in [0.717, 1.165) is 50.1 Å². The zero-order chi connectivity index (χ0) is 19.0. The van der Waals surface area contributed by atoms with Crippen molar-refractivity contribution in [3.63, 3.8) is 0 Å². The standard InChI is InChI=1S/C20H27N7/c1-15-7-5-6-8-17(15)26-11-9-25(10-12-26)14-18-22-20-21-16(2)13-19(24(3)4)27(20)23-18/h5-8,13H,9-12,14H2,1-4H3. The van der Waals surface area contributed by atoms with E-state index in [1.165, 1.54) is 11.3 Å². The van der Waals surface area contributed by atoms with Crippen LogP contribution in [-0.2, 0) is 6.54 Å². The first-order chi connectivity index (χ1) is 13.0. The third-order valence-electron chi connectivity index (χ3n) is 5.12. The molecule has 7 nitrogen and oxygen atoms in total. The highest BCUT2D eigenvalue weighted by Crippen LogP contribution is 2.21. The van der Waals surface area contributed by atoms with E-state index in [-0.39, 0.29) is 0 Å². The molecule has 0 unspecified atom stereocenters. The maximum atomic E-state index is 4.71. The van der Waals surface area contributed by atoms with Gasteiger partial charge in [0, 0.05) is 57.7 Å². The van der Waals surface area contributed by atoms with Gasteiger partial charge >= 0.3 is 0 Å². The molecule has 4 rings (SSSR count). The number of rotatable bonds is 4. The summed E-state index contributed by atoms with van der Waals surface area (Å²) >= 11 is 0. The van der Waals surface area contributed by atoms with Crippen LogP contribution in [-0.4, -0.2) is 64.8 Å². The second-order valence-electron chi connectivity index (χ2n) is 7.44. The maximum Gasteiger partial charge on any atom is 0.254 e. The molecule has 1 aromatic carbocycles. The molecule has 0 saturated carbocycles. The Morgan fingerprint density at radius 3 is 2.44 bits per heavy atom. The van der Waals surface area contributed by atoms with Crippen LogP contribution in [0.15, 0.2) is 30.3 Å². The van der Waals surface area contributed by atoms with Crippen molar-refractivity contribution in [1.29, 1.82) is 0 Å². The van der Waals surface area contributed by atoms with E-state index >= 15 is 0 Å². The molecule has 1 fully saturated rings. The van der Waals surface area contributed by atoms with Gasteiger partial charge in [-0.3, -0.25) is 4.90 Å². The number of anilines is 2. The summed E-state index contributed by atoms with van der Waals surface area (Å²) in [4.78, 5) is 16.1. The minimum atomic E-state index is 0.673. The normalized spacial score (nSPS) is 15.5. The minimum Gasteiger partial charge on any atom is -0.369 e. The van der Waals surface area contributed by atoms with Crippen LogP contribution in [0.1, 0.15) is 17.1 Å².